The summed E-state index contributed by atoms with van der Waals surface area (Å²) >= 11 is 0. The van der Waals surface area contributed by atoms with Gasteiger partial charge in [0.05, 0.1) is 6.42 Å². The van der Waals surface area contributed by atoms with Gasteiger partial charge in [0.15, 0.2) is 0 Å². The quantitative estimate of drug-likeness (QED) is 0.476. The molecule has 0 aliphatic heterocycles. The fourth-order valence-corrected chi connectivity index (χ4v) is 2.77. The largest absolute Gasteiger partial charge is 0.481 e. The van der Waals surface area contributed by atoms with E-state index in [-0.39, 0.29) is 23.1 Å². The molecule has 0 aromatic carbocycles. The third-order valence-corrected chi connectivity index (χ3v) is 4.12. The monoisotopic (exact) mass is 370 g/mol. The lowest BCUT2D eigenvalue weighted by Gasteiger charge is -2.22. The van der Waals surface area contributed by atoms with Crippen LogP contribution in [-0.2, 0) is 19.2 Å². The Morgan fingerprint density at radius 1 is 0.846 bits per heavy atom. The van der Waals surface area contributed by atoms with Crippen LogP contribution in [-0.4, -0.2) is 44.3 Å². The van der Waals surface area contributed by atoms with E-state index in [2.05, 4.69) is 6.58 Å². The van der Waals surface area contributed by atoms with Crippen molar-refractivity contribution in [1.29, 1.82) is 0 Å². The van der Waals surface area contributed by atoms with Crippen LogP contribution in [0.25, 0.3) is 0 Å². The highest BCUT2D eigenvalue weighted by Gasteiger charge is 2.23. The highest BCUT2D eigenvalue weighted by Crippen LogP contribution is 2.30. The Morgan fingerprint density at radius 3 is 1.65 bits per heavy atom. The van der Waals surface area contributed by atoms with Crippen molar-refractivity contribution >= 4 is 23.9 Å². The van der Waals surface area contributed by atoms with Gasteiger partial charge in [0.2, 0.25) is 0 Å². The number of carboxylic acids is 4. The van der Waals surface area contributed by atoms with Crippen molar-refractivity contribution in [2.75, 3.05) is 0 Å². The predicted octanol–water partition coefficient (Wildman–Crippen LogP) is 2.93. The zero-order chi connectivity index (χ0) is 20.3. The Morgan fingerprint density at radius 2 is 1.35 bits per heavy atom. The number of rotatable bonds is 8. The van der Waals surface area contributed by atoms with Crippen LogP contribution in [0, 0.1) is 5.92 Å². The van der Waals surface area contributed by atoms with E-state index in [1.54, 1.807) is 6.92 Å². The third-order valence-electron chi connectivity index (χ3n) is 4.12. The van der Waals surface area contributed by atoms with Crippen molar-refractivity contribution in [1.82, 2.24) is 0 Å². The van der Waals surface area contributed by atoms with Crippen LogP contribution in [0.5, 0.6) is 0 Å². The molecule has 0 saturated heterocycles. The first-order chi connectivity index (χ1) is 12.1. The van der Waals surface area contributed by atoms with Crippen LogP contribution in [0.15, 0.2) is 23.3 Å². The molecule has 1 aliphatic carbocycles. The van der Waals surface area contributed by atoms with Gasteiger partial charge in [-0.15, -0.1) is 0 Å². The summed E-state index contributed by atoms with van der Waals surface area (Å²) in [7, 11) is 0. The summed E-state index contributed by atoms with van der Waals surface area (Å²) in [5.41, 5.74) is -0.141. The van der Waals surface area contributed by atoms with Gasteiger partial charge in [-0.3, -0.25) is 4.79 Å². The Balaban J connectivity index is 0.000000590. The molecule has 0 atom stereocenters. The molecule has 8 heteroatoms. The molecule has 0 bridgehead atoms. The molecule has 1 rings (SSSR count). The SMILES string of the molecule is C=C(CC(=O)O)C(=O)O.CC/C(C(=O)O)=C(\CC1CCCCC1)C(=O)O. The van der Waals surface area contributed by atoms with E-state index in [1.165, 1.54) is 6.42 Å². The van der Waals surface area contributed by atoms with Gasteiger partial charge in [0, 0.05) is 16.7 Å². The minimum Gasteiger partial charge on any atom is -0.481 e. The number of aliphatic carboxylic acids is 4. The molecule has 146 valence electrons. The van der Waals surface area contributed by atoms with Gasteiger partial charge >= 0.3 is 23.9 Å². The second kappa shape index (κ2) is 11.8. The van der Waals surface area contributed by atoms with Gasteiger partial charge in [0.1, 0.15) is 0 Å². The fraction of sp³-hybridized carbons (Fsp3) is 0.556. The van der Waals surface area contributed by atoms with Gasteiger partial charge in [-0.05, 0) is 18.8 Å². The number of carbonyl (C=O) groups is 4. The molecule has 8 nitrogen and oxygen atoms in total. The van der Waals surface area contributed by atoms with Crippen molar-refractivity contribution in [3.63, 3.8) is 0 Å². The topological polar surface area (TPSA) is 149 Å². The Kier molecular flexibility index (Phi) is 10.6. The standard InChI is InChI=1S/C13H20O4.C5H6O4/c1-2-10(12(14)15)11(13(16)17)8-9-6-4-3-5-7-9;1-3(5(8)9)2-4(6)7/h9H,2-8H2,1H3,(H,14,15)(H,16,17);1-2H2,(H,6,7)(H,8,9)/b11-10-;. The van der Waals surface area contributed by atoms with Crippen molar-refractivity contribution in [3.8, 4) is 0 Å². The average Bonchev–Trinajstić information content (AvgIpc) is 2.55. The van der Waals surface area contributed by atoms with Crippen LogP contribution < -0.4 is 0 Å². The van der Waals surface area contributed by atoms with Gasteiger partial charge in [-0.1, -0.05) is 45.6 Å². The van der Waals surface area contributed by atoms with Gasteiger partial charge in [-0.2, -0.15) is 0 Å². The van der Waals surface area contributed by atoms with E-state index in [9.17, 15) is 19.2 Å². The molecule has 0 unspecified atom stereocenters. The lowest BCUT2D eigenvalue weighted by molar-refractivity contribution is -0.139. The summed E-state index contributed by atoms with van der Waals surface area (Å²) < 4.78 is 0. The van der Waals surface area contributed by atoms with Crippen LogP contribution in [0.3, 0.4) is 0 Å². The number of hydrogen-bond donors (Lipinski definition) is 4. The maximum absolute atomic E-state index is 11.2. The van der Waals surface area contributed by atoms with Crippen LogP contribution in [0.1, 0.15) is 58.3 Å². The number of carboxylic acid groups (broad SMARTS) is 4. The summed E-state index contributed by atoms with van der Waals surface area (Å²) in [4.78, 5) is 41.8. The van der Waals surface area contributed by atoms with Crippen LogP contribution in [0.4, 0.5) is 0 Å². The highest BCUT2D eigenvalue weighted by molar-refractivity contribution is 5.98. The van der Waals surface area contributed by atoms with Gasteiger partial charge in [-0.25, -0.2) is 14.4 Å². The predicted molar refractivity (Wildman–Crippen MR) is 92.8 cm³/mol. The van der Waals surface area contributed by atoms with E-state index in [1.807, 2.05) is 0 Å². The summed E-state index contributed by atoms with van der Waals surface area (Å²) in [6, 6.07) is 0. The summed E-state index contributed by atoms with van der Waals surface area (Å²) in [5, 5.41) is 34.2. The molecule has 0 amide bonds. The maximum Gasteiger partial charge on any atom is 0.332 e. The van der Waals surface area contributed by atoms with E-state index >= 15 is 0 Å². The van der Waals surface area contributed by atoms with E-state index in [0.29, 0.717) is 12.3 Å². The average molecular weight is 370 g/mol. The normalized spacial score (nSPS) is 15.1. The zero-order valence-electron chi connectivity index (χ0n) is 14.9. The molecule has 0 radical (unpaired) electrons. The Hall–Kier alpha value is -2.64. The molecule has 0 heterocycles. The van der Waals surface area contributed by atoms with Crippen molar-refractivity contribution in [2.24, 2.45) is 5.92 Å². The van der Waals surface area contributed by atoms with Crippen molar-refractivity contribution in [3.05, 3.63) is 23.3 Å². The molecule has 0 aromatic rings. The molecular weight excluding hydrogens is 344 g/mol. The van der Waals surface area contributed by atoms with E-state index < -0.39 is 30.3 Å². The first kappa shape index (κ1) is 23.4. The van der Waals surface area contributed by atoms with Gasteiger partial charge in [0.25, 0.3) is 0 Å². The minimum atomic E-state index is -1.27. The van der Waals surface area contributed by atoms with Crippen molar-refractivity contribution in [2.45, 2.75) is 58.3 Å². The fourth-order valence-electron chi connectivity index (χ4n) is 2.77. The molecule has 1 aliphatic rings. The second-order valence-electron chi connectivity index (χ2n) is 6.11. The zero-order valence-corrected chi connectivity index (χ0v) is 14.9. The Labute approximate surface area is 151 Å². The molecule has 4 N–H and O–H groups in total. The molecule has 26 heavy (non-hydrogen) atoms. The first-order valence-electron chi connectivity index (χ1n) is 8.41. The second-order valence-corrected chi connectivity index (χ2v) is 6.11. The summed E-state index contributed by atoms with van der Waals surface area (Å²) in [6.07, 6.45) is 5.69. The van der Waals surface area contributed by atoms with Gasteiger partial charge < -0.3 is 20.4 Å². The molecular formula is C18H26O8. The third kappa shape index (κ3) is 9.00. The Bertz CT molecular complexity index is 582. The minimum absolute atomic E-state index is 0.0584. The summed E-state index contributed by atoms with van der Waals surface area (Å²) in [5.74, 6) is -4.27. The smallest absolute Gasteiger partial charge is 0.332 e. The lowest BCUT2D eigenvalue weighted by atomic mass is 9.83. The maximum atomic E-state index is 11.2. The van der Waals surface area contributed by atoms with Crippen molar-refractivity contribution < 1.29 is 39.6 Å². The first-order valence-corrected chi connectivity index (χ1v) is 8.41. The van der Waals surface area contributed by atoms with E-state index in [4.69, 9.17) is 20.4 Å². The molecule has 1 fully saturated rings. The highest BCUT2D eigenvalue weighted by atomic mass is 16.4. The lowest BCUT2D eigenvalue weighted by Crippen LogP contribution is -2.16. The summed E-state index contributed by atoms with van der Waals surface area (Å²) in [6.45, 7) is 4.70. The molecule has 0 aromatic heterocycles. The van der Waals surface area contributed by atoms with Crippen LogP contribution in [0.2, 0.25) is 0 Å². The van der Waals surface area contributed by atoms with E-state index in [0.717, 1.165) is 25.7 Å². The molecule has 0 spiro atoms. The number of hydrogen-bond acceptors (Lipinski definition) is 4. The molecule has 1 saturated carbocycles. The van der Waals surface area contributed by atoms with Crippen LogP contribution >= 0.6 is 0 Å².